The molecule has 2 N–H and O–H groups in total. The molecule has 0 radical (unpaired) electrons. The molecule has 2 aromatic rings. The van der Waals surface area contributed by atoms with Gasteiger partial charge in [0.05, 0.1) is 18.0 Å². The normalized spacial score (nSPS) is 11.2. The predicted octanol–water partition coefficient (Wildman–Crippen LogP) is 3.10. The van der Waals surface area contributed by atoms with Gasteiger partial charge in [0.25, 0.3) is 0 Å². The number of carbonyl (C=O) groups excluding carboxylic acids is 1. The van der Waals surface area contributed by atoms with Crippen LogP contribution in [0.3, 0.4) is 0 Å². The van der Waals surface area contributed by atoms with Gasteiger partial charge in [-0.1, -0.05) is 0 Å². The second-order valence-electron chi connectivity index (χ2n) is 6.68. The largest absolute Gasteiger partial charge is 0.491 e. The number of rotatable bonds is 10. The van der Waals surface area contributed by atoms with E-state index < -0.39 is 21.7 Å². The molecule has 0 aliphatic heterocycles. The summed E-state index contributed by atoms with van der Waals surface area (Å²) >= 11 is 0. The summed E-state index contributed by atoms with van der Waals surface area (Å²) in [6, 6.07) is 10.00. The van der Waals surface area contributed by atoms with E-state index in [-0.39, 0.29) is 6.10 Å². The lowest BCUT2D eigenvalue weighted by molar-refractivity contribution is -0.113. The van der Waals surface area contributed by atoms with E-state index in [4.69, 9.17) is 4.74 Å². The zero-order chi connectivity index (χ0) is 21.4. The fourth-order valence-electron chi connectivity index (χ4n) is 2.65. The number of ether oxygens (including phenoxy) is 1. The first-order chi connectivity index (χ1) is 13.7. The van der Waals surface area contributed by atoms with E-state index in [0.29, 0.717) is 17.1 Å². The van der Waals surface area contributed by atoms with E-state index in [9.17, 15) is 13.2 Å². The molecule has 29 heavy (non-hydrogen) atoms. The summed E-state index contributed by atoms with van der Waals surface area (Å²) < 4.78 is 32.4. The molecule has 0 unspecified atom stereocenters. The minimum atomic E-state index is -3.85. The van der Waals surface area contributed by atoms with Crippen LogP contribution in [0.25, 0.3) is 0 Å². The average Bonchev–Trinajstić information content (AvgIpc) is 2.64. The molecule has 0 bridgehead atoms. The maximum atomic E-state index is 12.3. The van der Waals surface area contributed by atoms with E-state index >= 15 is 0 Å². The summed E-state index contributed by atoms with van der Waals surface area (Å²) in [4.78, 5) is 18.5. The van der Waals surface area contributed by atoms with E-state index in [1.807, 2.05) is 27.7 Å². The lowest BCUT2D eigenvalue weighted by atomic mass is 10.3. The van der Waals surface area contributed by atoms with Gasteiger partial charge in [-0.05, 0) is 64.1 Å². The Labute approximate surface area is 172 Å². The molecule has 9 heteroatoms. The van der Waals surface area contributed by atoms with Gasteiger partial charge in [-0.3, -0.25) is 9.52 Å². The molecule has 0 aliphatic rings. The molecule has 0 fully saturated rings. The monoisotopic (exact) mass is 420 g/mol. The van der Waals surface area contributed by atoms with Crippen molar-refractivity contribution in [2.45, 2.75) is 33.8 Å². The summed E-state index contributed by atoms with van der Waals surface area (Å²) in [6.07, 6.45) is 1.54. The number of nitrogens with zero attached hydrogens (tertiary/aromatic N) is 2. The molecule has 1 aromatic carbocycles. The zero-order valence-electron chi connectivity index (χ0n) is 17.2. The highest BCUT2D eigenvalue weighted by Crippen LogP contribution is 2.18. The van der Waals surface area contributed by atoms with Gasteiger partial charge in [0.2, 0.25) is 15.9 Å². The molecule has 1 aromatic heterocycles. The number of hydrogen-bond donors (Lipinski definition) is 2. The number of carbonyl (C=O) groups is 1. The number of anilines is 3. The second-order valence-corrected chi connectivity index (χ2v) is 8.40. The number of pyridine rings is 1. The number of nitrogens with one attached hydrogen (secondary N) is 2. The van der Waals surface area contributed by atoms with Crippen LogP contribution in [0, 0.1) is 0 Å². The molecule has 1 heterocycles. The Morgan fingerprint density at radius 1 is 1.07 bits per heavy atom. The third-order valence-electron chi connectivity index (χ3n) is 3.94. The van der Waals surface area contributed by atoms with Gasteiger partial charge in [0.1, 0.15) is 17.3 Å². The zero-order valence-corrected chi connectivity index (χ0v) is 18.0. The molecule has 0 saturated carbocycles. The number of amides is 1. The van der Waals surface area contributed by atoms with Gasteiger partial charge < -0.3 is 15.0 Å². The van der Waals surface area contributed by atoms with Gasteiger partial charge in [0, 0.05) is 18.8 Å². The Kier molecular flexibility index (Phi) is 7.83. The van der Waals surface area contributed by atoms with E-state index in [0.717, 1.165) is 18.9 Å². The van der Waals surface area contributed by atoms with Crippen LogP contribution in [0.2, 0.25) is 0 Å². The molecular weight excluding hydrogens is 392 g/mol. The quantitative estimate of drug-likeness (QED) is 0.613. The van der Waals surface area contributed by atoms with Crippen molar-refractivity contribution in [1.29, 1.82) is 0 Å². The highest BCUT2D eigenvalue weighted by molar-refractivity contribution is 7.93. The molecular formula is C20H28N4O4S. The molecule has 8 nitrogen and oxygen atoms in total. The van der Waals surface area contributed by atoms with Crippen molar-refractivity contribution >= 4 is 33.1 Å². The first-order valence-electron chi connectivity index (χ1n) is 9.50. The number of hydrogen-bond acceptors (Lipinski definition) is 6. The molecule has 2 rings (SSSR count). The van der Waals surface area contributed by atoms with E-state index in [1.165, 1.54) is 6.20 Å². The lowest BCUT2D eigenvalue weighted by Gasteiger charge is -2.19. The van der Waals surface area contributed by atoms with Crippen molar-refractivity contribution in [3.63, 3.8) is 0 Å². The van der Waals surface area contributed by atoms with E-state index in [2.05, 4.69) is 19.9 Å². The first-order valence-corrected chi connectivity index (χ1v) is 11.2. The number of sulfonamides is 1. The topological polar surface area (TPSA) is 101 Å². The van der Waals surface area contributed by atoms with Crippen molar-refractivity contribution in [3.05, 3.63) is 42.6 Å². The third-order valence-corrected chi connectivity index (χ3v) is 5.13. The molecule has 1 amide bonds. The van der Waals surface area contributed by atoms with Crippen LogP contribution in [0.15, 0.2) is 42.6 Å². The summed E-state index contributed by atoms with van der Waals surface area (Å²) in [5.41, 5.74) is 0.801. The molecule has 0 saturated heterocycles. The van der Waals surface area contributed by atoms with Crippen LogP contribution in [0.4, 0.5) is 17.2 Å². The van der Waals surface area contributed by atoms with Crippen molar-refractivity contribution in [2.24, 2.45) is 0 Å². The van der Waals surface area contributed by atoms with Gasteiger partial charge in [-0.15, -0.1) is 0 Å². The summed E-state index contributed by atoms with van der Waals surface area (Å²) in [5, 5.41) is 2.56. The van der Waals surface area contributed by atoms with Gasteiger partial charge in [-0.25, -0.2) is 13.4 Å². The maximum Gasteiger partial charge on any atom is 0.241 e. The summed E-state index contributed by atoms with van der Waals surface area (Å²) in [7, 11) is -3.85. The van der Waals surface area contributed by atoms with Crippen LogP contribution >= 0.6 is 0 Å². The van der Waals surface area contributed by atoms with Crippen molar-refractivity contribution in [1.82, 2.24) is 4.98 Å². The van der Waals surface area contributed by atoms with Crippen LogP contribution in [-0.4, -0.2) is 44.3 Å². The molecule has 0 aliphatic carbocycles. The van der Waals surface area contributed by atoms with Gasteiger partial charge >= 0.3 is 0 Å². The van der Waals surface area contributed by atoms with Crippen molar-refractivity contribution in [2.75, 3.05) is 33.8 Å². The average molecular weight is 421 g/mol. The lowest BCUT2D eigenvalue weighted by Crippen LogP contribution is -2.27. The van der Waals surface area contributed by atoms with Crippen LogP contribution in [-0.2, 0) is 14.8 Å². The Morgan fingerprint density at radius 3 is 2.21 bits per heavy atom. The Hall–Kier alpha value is -2.81. The van der Waals surface area contributed by atoms with Gasteiger partial charge in [0.15, 0.2) is 0 Å². The van der Waals surface area contributed by atoms with Crippen molar-refractivity contribution in [3.8, 4) is 5.75 Å². The number of aromatic nitrogens is 1. The highest BCUT2D eigenvalue weighted by atomic mass is 32.2. The Bertz CT molecular complexity index is 893. The molecule has 0 atom stereocenters. The van der Waals surface area contributed by atoms with Crippen LogP contribution in [0.1, 0.15) is 27.7 Å². The molecule has 0 spiro atoms. The SMILES string of the molecule is CCN(CC)c1ccc(NC(=O)CS(=O)(=O)Nc2ccc(OC(C)C)cc2)cn1. The third kappa shape index (κ3) is 7.26. The minimum Gasteiger partial charge on any atom is -0.491 e. The van der Waals surface area contributed by atoms with Gasteiger partial charge in [-0.2, -0.15) is 0 Å². The van der Waals surface area contributed by atoms with E-state index in [1.54, 1.807) is 36.4 Å². The summed E-state index contributed by atoms with van der Waals surface area (Å²) in [5.74, 6) is 0.0952. The fourth-order valence-corrected chi connectivity index (χ4v) is 3.64. The maximum absolute atomic E-state index is 12.3. The fraction of sp³-hybridized carbons (Fsp3) is 0.400. The Balaban J connectivity index is 1.93. The predicted molar refractivity (Wildman–Crippen MR) is 116 cm³/mol. The first kappa shape index (κ1) is 22.5. The summed E-state index contributed by atoms with van der Waals surface area (Å²) in [6.45, 7) is 9.52. The second kappa shape index (κ2) is 10.1. The highest BCUT2D eigenvalue weighted by Gasteiger charge is 2.17. The Morgan fingerprint density at radius 2 is 1.69 bits per heavy atom. The number of benzene rings is 1. The minimum absolute atomic E-state index is 0.0248. The molecule has 158 valence electrons. The van der Waals surface area contributed by atoms with Crippen LogP contribution < -0.4 is 19.7 Å². The smallest absolute Gasteiger partial charge is 0.241 e. The standard InChI is InChI=1S/C20H28N4O4S/c1-5-24(6-2)19-12-9-17(13-21-19)22-20(25)14-29(26,27)23-16-7-10-18(11-8-16)28-15(3)4/h7-13,15,23H,5-6,14H2,1-4H3,(H,22,25). The van der Waals surface area contributed by atoms with Crippen LogP contribution in [0.5, 0.6) is 5.75 Å². The van der Waals surface area contributed by atoms with Crippen molar-refractivity contribution < 1.29 is 17.9 Å².